The van der Waals surface area contributed by atoms with Crippen molar-refractivity contribution in [2.75, 3.05) is 53.7 Å². The van der Waals surface area contributed by atoms with Crippen LogP contribution < -0.4 is 26.0 Å². The molecular weight excluding hydrogens is 1150 g/mol. The van der Waals surface area contributed by atoms with E-state index in [0.29, 0.717) is 56.8 Å². The molecule has 0 radical (unpaired) electrons. The molecule has 4 aromatic rings. The van der Waals surface area contributed by atoms with Crippen LogP contribution in [0.3, 0.4) is 0 Å². The van der Waals surface area contributed by atoms with E-state index in [0.717, 1.165) is 42.4 Å². The number of aromatic amines is 1. The van der Waals surface area contributed by atoms with Gasteiger partial charge in [0, 0.05) is 82.5 Å². The molecule has 21 nitrogen and oxygen atoms in total. The number of hydrogen-bond acceptors (Lipinski definition) is 17. The first-order valence-electron chi connectivity index (χ1n) is 30.6. The van der Waals surface area contributed by atoms with Crippen molar-refractivity contribution in [1.82, 2.24) is 19.5 Å². The van der Waals surface area contributed by atoms with Gasteiger partial charge in [-0.3, -0.25) is 33.5 Å². The molecule has 2 fully saturated rings. The van der Waals surface area contributed by atoms with Crippen LogP contribution in [0.1, 0.15) is 148 Å². The molecule has 88 heavy (non-hydrogen) atoms. The number of carbonyl (C=O) groups is 4. The Balaban J connectivity index is 1.05. The zero-order valence-electron chi connectivity index (χ0n) is 52.6. The molecule has 2 N–H and O–H groups in total. The molecule has 1 amide bonds. The normalized spacial score (nSPS) is 20.7. The number of hydrogen-bond donors (Lipinski definition) is 2. The largest absolute Gasteiger partial charge is 0.497 e. The van der Waals surface area contributed by atoms with Gasteiger partial charge in [0.2, 0.25) is 12.5 Å². The second kappa shape index (κ2) is 35.6. The quantitative estimate of drug-likeness (QED) is 0.0108. The maximum absolute atomic E-state index is 13.8. The SMILES string of the molecule is [C-]#[N+]CCOP(O[C@@H]1C[C@H](n2cc(/C=C/C(=O)NCCCCCCCC(=O)CCCCOC3OC(COC(C)=O)C(OC(C)=O)C(C)C3C)c(=O)[nH]c2=O)O[C@@H]1COC(c1ccccc1)(c1ccc(OC)cc1)c1ccc(OC)cc1)N(C(C)C)C(C)C. The molecule has 0 bridgehead atoms. The second-order valence-electron chi connectivity index (χ2n) is 22.7. The van der Waals surface area contributed by atoms with Gasteiger partial charge in [0.15, 0.2) is 6.29 Å². The Morgan fingerprint density at radius 3 is 2.00 bits per heavy atom. The topological polar surface area (TPSA) is 235 Å². The van der Waals surface area contributed by atoms with Gasteiger partial charge in [-0.2, -0.15) is 0 Å². The highest BCUT2D eigenvalue weighted by molar-refractivity contribution is 7.44. The number of nitrogens with zero attached hydrogens (tertiary/aromatic N) is 3. The van der Waals surface area contributed by atoms with Crippen molar-refractivity contribution in [1.29, 1.82) is 0 Å². The summed E-state index contributed by atoms with van der Waals surface area (Å²) in [5, 5.41) is 2.88. The van der Waals surface area contributed by atoms with Gasteiger partial charge in [-0.25, -0.2) is 16.0 Å². The molecule has 2 saturated heterocycles. The van der Waals surface area contributed by atoms with Crippen molar-refractivity contribution >= 4 is 38.2 Å². The molecule has 0 aliphatic carbocycles. The molecule has 6 rings (SSSR count). The van der Waals surface area contributed by atoms with Crippen molar-refractivity contribution < 1.29 is 66.1 Å². The Kier molecular flexibility index (Phi) is 28.5. The summed E-state index contributed by atoms with van der Waals surface area (Å²) in [6.45, 7) is 23.1. The van der Waals surface area contributed by atoms with Crippen molar-refractivity contribution in [3.8, 4) is 11.5 Å². The number of amides is 1. The van der Waals surface area contributed by atoms with Crippen molar-refractivity contribution in [2.24, 2.45) is 11.8 Å². The number of ketones is 1. The van der Waals surface area contributed by atoms with Gasteiger partial charge >= 0.3 is 17.6 Å². The first kappa shape index (κ1) is 70.5. The van der Waals surface area contributed by atoms with E-state index < -0.39 is 80.2 Å². The van der Waals surface area contributed by atoms with Crippen LogP contribution in [0.25, 0.3) is 10.9 Å². The molecule has 1 aromatic heterocycles. The minimum Gasteiger partial charge on any atom is -0.497 e. The summed E-state index contributed by atoms with van der Waals surface area (Å²) < 4.78 is 64.9. The zero-order valence-corrected chi connectivity index (χ0v) is 53.5. The molecule has 3 aromatic carbocycles. The van der Waals surface area contributed by atoms with Gasteiger partial charge in [-0.15, -0.1) is 0 Å². The second-order valence-corrected chi connectivity index (χ2v) is 24.1. The van der Waals surface area contributed by atoms with E-state index in [-0.39, 0.29) is 68.1 Å². The van der Waals surface area contributed by atoms with Crippen molar-refractivity contribution in [2.45, 2.75) is 174 Å². The average molecular weight is 1240 g/mol. The third kappa shape index (κ3) is 20.2. The van der Waals surface area contributed by atoms with Crippen LogP contribution in [0.15, 0.2) is 101 Å². The van der Waals surface area contributed by atoms with Crippen LogP contribution in [0, 0.1) is 18.4 Å². The summed E-state index contributed by atoms with van der Waals surface area (Å²) in [6, 6.07) is 25.1. The fourth-order valence-electron chi connectivity index (χ4n) is 11.0. The number of carbonyl (C=O) groups excluding carboxylic acids is 4. The first-order valence-corrected chi connectivity index (χ1v) is 31.7. The number of rotatable bonds is 36. The van der Waals surface area contributed by atoms with Gasteiger partial charge < -0.3 is 57.1 Å². The third-order valence-electron chi connectivity index (χ3n) is 15.7. The number of methoxy groups -OCH3 is 2. The van der Waals surface area contributed by atoms with E-state index in [1.165, 1.54) is 36.8 Å². The monoisotopic (exact) mass is 1240 g/mol. The minimum absolute atomic E-state index is 0.00919. The number of benzene rings is 3. The van der Waals surface area contributed by atoms with Gasteiger partial charge in [-0.1, -0.05) is 87.7 Å². The fourth-order valence-corrected chi connectivity index (χ4v) is 12.7. The fraction of sp³-hybridized carbons (Fsp3) is 0.561. The highest BCUT2D eigenvalue weighted by Crippen LogP contribution is 2.51. The predicted octanol–water partition coefficient (Wildman–Crippen LogP) is 10.2. The molecule has 0 spiro atoms. The summed E-state index contributed by atoms with van der Waals surface area (Å²) in [6.07, 6.45) is 6.19. The molecule has 22 heteroatoms. The Hall–Kier alpha value is -6.60. The van der Waals surface area contributed by atoms with Gasteiger partial charge in [0.1, 0.15) is 60.6 Å². The van der Waals surface area contributed by atoms with E-state index in [1.807, 2.05) is 120 Å². The lowest BCUT2D eigenvalue weighted by molar-refractivity contribution is -0.273. The van der Waals surface area contributed by atoms with E-state index in [1.54, 1.807) is 14.2 Å². The number of nitrogens with one attached hydrogen (secondary N) is 2. The summed E-state index contributed by atoms with van der Waals surface area (Å²) in [4.78, 5) is 82.1. The highest BCUT2D eigenvalue weighted by atomic mass is 31.2. The molecule has 480 valence electrons. The molecular formula is C66H90N5O16P. The lowest BCUT2D eigenvalue weighted by atomic mass is 9.80. The molecule has 6 unspecified atom stereocenters. The maximum Gasteiger partial charge on any atom is 0.330 e. The summed E-state index contributed by atoms with van der Waals surface area (Å²) in [5.74, 6) is 0.0149. The average Bonchev–Trinajstić information content (AvgIpc) is 1.27. The Labute approximate surface area is 518 Å². The zero-order chi connectivity index (χ0) is 63.8. The number of Topliss-reactive ketones (excluding diaryl/α,β-unsaturated/α-hetero) is 1. The van der Waals surface area contributed by atoms with E-state index in [9.17, 15) is 28.8 Å². The van der Waals surface area contributed by atoms with Crippen molar-refractivity contribution in [3.05, 3.63) is 146 Å². The van der Waals surface area contributed by atoms with Gasteiger partial charge in [0.05, 0.1) is 32.5 Å². The lowest BCUT2D eigenvalue weighted by Crippen LogP contribution is -2.53. The summed E-state index contributed by atoms with van der Waals surface area (Å²) in [5.41, 5.74) is -0.160. The molecule has 9 atom stereocenters. The third-order valence-corrected chi connectivity index (χ3v) is 17.8. The molecule has 2 aliphatic rings. The summed E-state index contributed by atoms with van der Waals surface area (Å²) in [7, 11) is 1.43. The standard InChI is InChI=1S/C66H90N5O16P/c1-44(2)71(45(3)4)88(83-39-37-67-9)87-57-40-61(85-58(57)43-82-66(51-22-16-15-17-23-51,52-27-31-55(78-10)32-28-52)53-29-33-56(79-11)34-30-53)70-41-50(63(76)69-65(70)77)26-35-60(75)68-36-20-14-12-13-18-24-54(74)25-19-21-38-80-64-47(6)46(5)62(84-49(8)73)59(86-64)42-81-48(7)72/h15-17,22-23,26-35,41,44-47,57-59,61-62,64H,12-14,18-21,24-25,36-40,42-43H2,1-8,10-11H3,(H,68,75)(H,69,76,77)/b35-26+/t46?,47?,57-,58-,59?,61-,62?,64?,88?/m1/s1. The molecule has 3 heterocycles. The van der Waals surface area contributed by atoms with Gasteiger partial charge in [-0.05, 0) is 100 Å². The number of aromatic nitrogens is 2. The maximum atomic E-state index is 13.8. The Morgan fingerprint density at radius 1 is 0.784 bits per heavy atom. The molecule has 2 aliphatic heterocycles. The number of H-pyrrole nitrogens is 1. The van der Waals surface area contributed by atoms with Gasteiger partial charge in [0.25, 0.3) is 14.1 Å². The van der Waals surface area contributed by atoms with Crippen LogP contribution in [0.4, 0.5) is 0 Å². The molecule has 0 saturated carbocycles. The lowest BCUT2D eigenvalue weighted by Gasteiger charge is -2.43. The predicted molar refractivity (Wildman–Crippen MR) is 333 cm³/mol. The first-order chi connectivity index (χ1) is 42.3. The van der Waals surface area contributed by atoms with Crippen LogP contribution in [0.5, 0.6) is 11.5 Å². The van der Waals surface area contributed by atoms with E-state index in [2.05, 4.69) is 19.8 Å². The number of ether oxygens (including phenoxy) is 8. The number of unbranched alkanes of at least 4 members (excludes halogenated alkanes) is 5. The number of esters is 2. The van der Waals surface area contributed by atoms with Crippen molar-refractivity contribution in [3.63, 3.8) is 0 Å². The Bertz CT molecular complexity index is 2970. The highest BCUT2D eigenvalue weighted by Gasteiger charge is 2.47. The Morgan fingerprint density at radius 2 is 1.40 bits per heavy atom. The summed E-state index contributed by atoms with van der Waals surface area (Å²) >= 11 is 0. The van der Waals surface area contributed by atoms with Crippen LogP contribution in [-0.2, 0) is 62.2 Å². The van der Waals surface area contributed by atoms with E-state index >= 15 is 0 Å². The van der Waals surface area contributed by atoms with Crippen LogP contribution in [0.2, 0.25) is 0 Å². The van der Waals surface area contributed by atoms with E-state index in [4.69, 9.17) is 53.5 Å². The smallest absolute Gasteiger partial charge is 0.330 e. The van der Waals surface area contributed by atoms with Crippen LogP contribution >= 0.6 is 8.53 Å². The minimum atomic E-state index is -1.79. The van der Waals surface area contributed by atoms with Crippen LogP contribution in [-0.4, -0.2) is 134 Å².